The number of benzene rings is 2. The van der Waals surface area contributed by atoms with Crippen LogP contribution in [0.3, 0.4) is 0 Å². The summed E-state index contributed by atoms with van der Waals surface area (Å²) in [6, 6.07) is 21.6. The SMILES string of the molecule is Cn1c(-c2ccccc2)nc2c1CNCC2N1CCN(c2ccccc2)CC1. The van der Waals surface area contributed by atoms with Gasteiger partial charge < -0.3 is 14.8 Å². The molecule has 0 bridgehead atoms. The summed E-state index contributed by atoms with van der Waals surface area (Å²) in [4.78, 5) is 10.2. The second-order valence-corrected chi connectivity index (χ2v) is 7.70. The van der Waals surface area contributed by atoms with E-state index in [1.807, 2.05) is 0 Å². The van der Waals surface area contributed by atoms with Crippen LogP contribution < -0.4 is 10.2 Å². The van der Waals surface area contributed by atoms with Crippen LogP contribution in [0, 0.1) is 0 Å². The first kappa shape index (κ1) is 17.5. The summed E-state index contributed by atoms with van der Waals surface area (Å²) in [6.45, 7) is 6.13. The van der Waals surface area contributed by atoms with Crippen LogP contribution in [0.15, 0.2) is 60.7 Å². The number of anilines is 1. The van der Waals surface area contributed by atoms with Gasteiger partial charge in [-0.1, -0.05) is 48.5 Å². The smallest absolute Gasteiger partial charge is 0.140 e. The molecule has 0 saturated carbocycles. The summed E-state index contributed by atoms with van der Waals surface area (Å²) in [5.74, 6) is 1.07. The van der Waals surface area contributed by atoms with Gasteiger partial charge in [0.1, 0.15) is 5.82 Å². The minimum Gasteiger partial charge on any atom is -0.369 e. The molecule has 0 aliphatic carbocycles. The molecule has 1 unspecified atom stereocenters. The van der Waals surface area contributed by atoms with Crippen molar-refractivity contribution in [3.05, 3.63) is 72.1 Å². The van der Waals surface area contributed by atoms with Gasteiger partial charge in [-0.15, -0.1) is 0 Å². The highest BCUT2D eigenvalue weighted by Gasteiger charge is 2.32. The van der Waals surface area contributed by atoms with Crippen LogP contribution in [0.1, 0.15) is 17.4 Å². The van der Waals surface area contributed by atoms with Crippen LogP contribution in [-0.2, 0) is 13.6 Å². The average molecular weight is 374 g/mol. The molecule has 3 heterocycles. The van der Waals surface area contributed by atoms with E-state index in [1.54, 1.807) is 0 Å². The number of hydrogen-bond acceptors (Lipinski definition) is 4. The lowest BCUT2D eigenvalue weighted by Crippen LogP contribution is -2.50. The molecule has 2 aliphatic heterocycles. The largest absolute Gasteiger partial charge is 0.369 e. The quantitative estimate of drug-likeness (QED) is 0.766. The Labute approximate surface area is 166 Å². The second kappa shape index (κ2) is 7.41. The second-order valence-electron chi connectivity index (χ2n) is 7.70. The first-order valence-electron chi connectivity index (χ1n) is 10.2. The fourth-order valence-corrected chi connectivity index (χ4v) is 4.53. The number of aromatic nitrogens is 2. The summed E-state index contributed by atoms with van der Waals surface area (Å²) >= 11 is 0. The molecule has 1 aromatic heterocycles. The van der Waals surface area contributed by atoms with Gasteiger partial charge >= 0.3 is 0 Å². The van der Waals surface area contributed by atoms with Crippen molar-refractivity contribution >= 4 is 5.69 Å². The van der Waals surface area contributed by atoms with E-state index in [9.17, 15) is 0 Å². The maximum atomic E-state index is 5.12. The lowest BCUT2D eigenvalue weighted by atomic mass is 10.0. The third kappa shape index (κ3) is 3.11. The predicted octanol–water partition coefficient (Wildman–Crippen LogP) is 3.05. The van der Waals surface area contributed by atoms with E-state index < -0.39 is 0 Å². The topological polar surface area (TPSA) is 36.3 Å². The third-order valence-electron chi connectivity index (χ3n) is 6.10. The van der Waals surface area contributed by atoms with E-state index >= 15 is 0 Å². The van der Waals surface area contributed by atoms with E-state index in [4.69, 9.17) is 4.98 Å². The molecule has 1 atom stereocenters. The minimum atomic E-state index is 0.352. The van der Waals surface area contributed by atoms with Crippen molar-refractivity contribution in [1.29, 1.82) is 0 Å². The molecule has 0 radical (unpaired) electrons. The molecule has 3 aromatic rings. The van der Waals surface area contributed by atoms with E-state index in [2.05, 4.69) is 87.4 Å². The van der Waals surface area contributed by atoms with E-state index in [1.165, 1.54) is 22.6 Å². The zero-order chi connectivity index (χ0) is 18.9. The van der Waals surface area contributed by atoms with Crippen LogP contribution in [0.25, 0.3) is 11.4 Å². The Morgan fingerprint density at radius 3 is 2.29 bits per heavy atom. The molecule has 1 N–H and O–H groups in total. The van der Waals surface area contributed by atoms with Gasteiger partial charge in [0.15, 0.2) is 0 Å². The molecule has 1 saturated heterocycles. The van der Waals surface area contributed by atoms with E-state index in [0.29, 0.717) is 6.04 Å². The lowest BCUT2D eigenvalue weighted by Gasteiger charge is -2.41. The Kier molecular flexibility index (Phi) is 4.63. The number of imidazole rings is 1. The van der Waals surface area contributed by atoms with Gasteiger partial charge in [-0.25, -0.2) is 4.98 Å². The van der Waals surface area contributed by atoms with Gasteiger partial charge in [0.05, 0.1) is 17.4 Å². The summed E-state index contributed by atoms with van der Waals surface area (Å²) < 4.78 is 2.27. The maximum absolute atomic E-state index is 5.12. The van der Waals surface area contributed by atoms with Crippen LogP contribution in [0.2, 0.25) is 0 Å². The zero-order valence-corrected chi connectivity index (χ0v) is 16.4. The number of nitrogens with one attached hydrogen (secondary N) is 1. The number of piperazine rings is 1. The summed E-state index contributed by atoms with van der Waals surface area (Å²) in [7, 11) is 2.14. The molecule has 2 aliphatic rings. The molecule has 2 aromatic carbocycles. The van der Waals surface area contributed by atoms with Gasteiger partial charge in [0.25, 0.3) is 0 Å². The Bertz CT molecular complexity index is 926. The van der Waals surface area contributed by atoms with Crippen molar-refractivity contribution in [3.8, 4) is 11.4 Å². The molecule has 0 amide bonds. The highest BCUT2D eigenvalue weighted by atomic mass is 15.3. The molecule has 0 spiro atoms. The maximum Gasteiger partial charge on any atom is 0.140 e. The summed E-state index contributed by atoms with van der Waals surface area (Å²) in [5.41, 5.74) is 5.09. The lowest BCUT2D eigenvalue weighted by molar-refractivity contribution is 0.171. The van der Waals surface area contributed by atoms with Crippen LogP contribution in [0.4, 0.5) is 5.69 Å². The first-order chi connectivity index (χ1) is 13.8. The minimum absolute atomic E-state index is 0.352. The van der Waals surface area contributed by atoms with E-state index in [-0.39, 0.29) is 0 Å². The number of nitrogens with zero attached hydrogens (tertiary/aromatic N) is 4. The molecule has 5 heteroatoms. The van der Waals surface area contributed by atoms with Crippen LogP contribution in [0.5, 0.6) is 0 Å². The van der Waals surface area contributed by atoms with Gasteiger partial charge in [-0.2, -0.15) is 0 Å². The van der Waals surface area contributed by atoms with Crippen molar-refractivity contribution < 1.29 is 0 Å². The Balaban J connectivity index is 1.37. The highest BCUT2D eigenvalue weighted by Crippen LogP contribution is 2.31. The molecule has 5 nitrogen and oxygen atoms in total. The normalized spacial score (nSPS) is 20.2. The molecule has 144 valence electrons. The van der Waals surface area contributed by atoms with Crippen molar-refractivity contribution in [1.82, 2.24) is 19.8 Å². The summed E-state index contributed by atoms with van der Waals surface area (Å²) in [6.07, 6.45) is 0. The Hall–Kier alpha value is -2.63. The van der Waals surface area contributed by atoms with Gasteiger partial charge in [-0.3, -0.25) is 4.90 Å². The van der Waals surface area contributed by atoms with E-state index in [0.717, 1.165) is 45.1 Å². The summed E-state index contributed by atoms with van der Waals surface area (Å²) in [5, 5.41) is 3.62. The number of hydrogen-bond donors (Lipinski definition) is 1. The molecule has 5 rings (SSSR count). The van der Waals surface area contributed by atoms with Crippen LogP contribution >= 0.6 is 0 Å². The molecule has 28 heavy (non-hydrogen) atoms. The Morgan fingerprint density at radius 1 is 0.893 bits per heavy atom. The standard InChI is InChI=1S/C23H27N5/c1-26-20-16-24-17-21(22(20)25-23(26)18-8-4-2-5-9-18)28-14-12-27(13-15-28)19-10-6-3-7-11-19/h2-11,21,24H,12-17H2,1H3. The van der Waals surface area contributed by atoms with Gasteiger partial charge in [0, 0.05) is 57.6 Å². The molecular formula is C23H27N5. The fraction of sp³-hybridized carbons (Fsp3) is 0.348. The van der Waals surface area contributed by atoms with Gasteiger partial charge in [0.2, 0.25) is 0 Å². The first-order valence-corrected chi connectivity index (χ1v) is 10.2. The third-order valence-corrected chi connectivity index (χ3v) is 6.10. The molecule has 1 fully saturated rings. The predicted molar refractivity (Wildman–Crippen MR) is 113 cm³/mol. The Morgan fingerprint density at radius 2 is 1.57 bits per heavy atom. The average Bonchev–Trinajstić information content (AvgIpc) is 3.12. The highest BCUT2D eigenvalue weighted by molar-refractivity contribution is 5.57. The van der Waals surface area contributed by atoms with Crippen LogP contribution in [-0.4, -0.2) is 47.2 Å². The number of para-hydroxylation sites is 1. The van der Waals surface area contributed by atoms with Crippen molar-refractivity contribution in [2.45, 2.75) is 12.6 Å². The van der Waals surface area contributed by atoms with Crippen molar-refractivity contribution in [2.24, 2.45) is 7.05 Å². The van der Waals surface area contributed by atoms with Gasteiger partial charge in [-0.05, 0) is 12.1 Å². The number of rotatable bonds is 3. The van der Waals surface area contributed by atoms with Crippen molar-refractivity contribution in [3.63, 3.8) is 0 Å². The zero-order valence-electron chi connectivity index (χ0n) is 16.4. The molecular weight excluding hydrogens is 346 g/mol. The fourth-order valence-electron chi connectivity index (χ4n) is 4.53. The monoisotopic (exact) mass is 373 g/mol. The van der Waals surface area contributed by atoms with Crippen molar-refractivity contribution in [2.75, 3.05) is 37.6 Å². The number of fused-ring (bicyclic) bond motifs is 1.